The molecule has 0 saturated carbocycles. The Morgan fingerprint density at radius 1 is 0.630 bits per heavy atom. The summed E-state index contributed by atoms with van der Waals surface area (Å²) in [5.74, 6) is -3.44. The maximum absolute atomic E-state index is 12.8. The van der Waals surface area contributed by atoms with Gasteiger partial charge in [-0.05, 0) is 34.1 Å². The topological polar surface area (TPSA) is 68.3 Å². The van der Waals surface area contributed by atoms with E-state index in [-0.39, 0.29) is 29.6 Å². The Labute approximate surface area is 159 Å². The predicted molar refractivity (Wildman–Crippen MR) is 104 cm³/mol. The first kappa shape index (κ1) is 20.4. The van der Waals surface area contributed by atoms with Crippen molar-refractivity contribution < 1.29 is 19.2 Å². The molecule has 0 aromatic heterocycles. The number of hydrogen-bond acceptors (Lipinski definition) is 4. The Balaban J connectivity index is 2.30. The van der Waals surface area contributed by atoms with E-state index in [4.69, 9.17) is 0 Å². The standard InChI is InChI=1S/C23H24O4/c1-14-5-9-18(10-6-14)22(26)20(16(3)24)13-21(17(4)25)23(27)19-11-7-15(2)8-12-19/h5-12,20-21H,13H2,1-4H3. The molecule has 0 saturated heterocycles. The second kappa shape index (κ2) is 8.67. The highest BCUT2D eigenvalue weighted by Gasteiger charge is 2.33. The van der Waals surface area contributed by atoms with Gasteiger partial charge in [0.2, 0.25) is 0 Å². The molecule has 0 heterocycles. The van der Waals surface area contributed by atoms with E-state index in [9.17, 15) is 19.2 Å². The van der Waals surface area contributed by atoms with E-state index in [0.717, 1.165) is 11.1 Å². The fourth-order valence-corrected chi connectivity index (χ4v) is 2.99. The Hall–Kier alpha value is -2.88. The van der Waals surface area contributed by atoms with Gasteiger partial charge in [0.05, 0.1) is 11.8 Å². The van der Waals surface area contributed by atoms with Gasteiger partial charge < -0.3 is 0 Å². The molecule has 0 spiro atoms. The molecule has 0 bridgehead atoms. The first-order chi connectivity index (χ1) is 12.7. The van der Waals surface area contributed by atoms with E-state index in [0.29, 0.717) is 11.1 Å². The van der Waals surface area contributed by atoms with Gasteiger partial charge in [-0.3, -0.25) is 19.2 Å². The van der Waals surface area contributed by atoms with E-state index in [1.807, 2.05) is 13.8 Å². The molecule has 4 nitrogen and oxygen atoms in total. The Bertz CT molecular complexity index is 787. The Kier molecular flexibility index (Phi) is 6.56. The van der Waals surface area contributed by atoms with Crippen molar-refractivity contribution in [2.45, 2.75) is 34.1 Å². The van der Waals surface area contributed by atoms with E-state index >= 15 is 0 Å². The zero-order valence-corrected chi connectivity index (χ0v) is 16.1. The van der Waals surface area contributed by atoms with Crippen LogP contribution in [-0.4, -0.2) is 23.1 Å². The third-order valence-corrected chi connectivity index (χ3v) is 4.76. The second-order valence-electron chi connectivity index (χ2n) is 7.02. The average molecular weight is 364 g/mol. The summed E-state index contributed by atoms with van der Waals surface area (Å²) in [5, 5.41) is 0. The molecule has 4 heteroatoms. The van der Waals surface area contributed by atoms with Gasteiger partial charge in [-0.1, -0.05) is 59.7 Å². The third kappa shape index (κ3) is 5.07. The van der Waals surface area contributed by atoms with Crippen molar-refractivity contribution in [2.24, 2.45) is 11.8 Å². The minimum atomic E-state index is -1.02. The maximum atomic E-state index is 12.8. The normalized spacial score (nSPS) is 12.9. The molecule has 2 unspecified atom stereocenters. The number of ketones is 4. The lowest BCUT2D eigenvalue weighted by atomic mass is 9.81. The molecular formula is C23H24O4. The number of Topliss-reactive ketones (excluding diaryl/α,β-unsaturated/α-hetero) is 4. The lowest BCUT2D eigenvalue weighted by Gasteiger charge is -2.19. The van der Waals surface area contributed by atoms with Crippen molar-refractivity contribution in [1.82, 2.24) is 0 Å². The van der Waals surface area contributed by atoms with Gasteiger partial charge in [0, 0.05) is 11.1 Å². The molecule has 0 N–H and O–H groups in total. The zero-order chi connectivity index (χ0) is 20.1. The molecule has 140 valence electrons. The lowest BCUT2D eigenvalue weighted by molar-refractivity contribution is -0.121. The summed E-state index contributed by atoms with van der Waals surface area (Å²) in [6, 6.07) is 13.8. The van der Waals surface area contributed by atoms with Gasteiger partial charge in [-0.25, -0.2) is 0 Å². The van der Waals surface area contributed by atoms with Crippen molar-refractivity contribution in [2.75, 3.05) is 0 Å². The summed E-state index contributed by atoms with van der Waals surface area (Å²) < 4.78 is 0. The van der Waals surface area contributed by atoms with Crippen LogP contribution in [0, 0.1) is 25.7 Å². The van der Waals surface area contributed by atoms with Crippen LogP contribution in [-0.2, 0) is 9.59 Å². The van der Waals surface area contributed by atoms with Crippen molar-refractivity contribution in [3.05, 3.63) is 70.8 Å². The number of hydrogen-bond donors (Lipinski definition) is 0. The second-order valence-corrected chi connectivity index (χ2v) is 7.02. The van der Waals surface area contributed by atoms with Crippen molar-refractivity contribution in [3.63, 3.8) is 0 Å². The molecule has 2 rings (SSSR count). The maximum Gasteiger partial charge on any atom is 0.173 e. The quantitative estimate of drug-likeness (QED) is 0.521. The number of benzene rings is 2. The number of aryl methyl sites for hydroxylation is 2. The molecule has 0 aliphatic heterocycles. The lowest BCUT2D eigenvalue weighted by Crippen LogP contribution is -2.31. The Morgan fingerprint density at radius 3 is 1.19 bits per heavy atom. The van der Waals surface area contributed by atoms with E-state index in [1.54, 1.807) is 48.5 Å². The molecule has 0 aliphatic rings. The van der Waals surface area contributed by atoms with Crippen LogP contribution in [0.3, 0.4) is 0 Å². The molecule has 0 radical (unpaired) electrons. The summed E-state index contributed by atoms with van der Waals surface area (Å²) >= 11 is 0. The van der Waals surface area contributed by atoms with Gasteiger partial charge >= 0.3 is 0 Å². The van der Waals surface area contributed by atoms with Crippen LogP contribution in [0.5, 0.6) is 0 Å². The summed E-state index contributed by atoms with van der Waals surface area (Å²) in [7, 11) is 0. The van der Waals surface area contributed by atoms with Crippen LogP contribution < -0.4 is 0 Å². The molecule has 0 fully saturated rings. The van der Waals surface area contributed by atoms with Crippen LogP contribution in [0.4, 0.5) is 0 Å². The smallest absolute Gasteiger partial charge is 0.173 e. The van der Waals surface area contributed by atoms with E-state index in [1.165, 1.54) is 13.8 Å². The van der Waals surface area contributed by atoms with Crippen LogP contribution in [0.2, 0.25) is 0 Å². The molecule has 0 amide bonds. The largest absolute Gasteiger partial charge is 0.299 e. The summed E-state index contributed by atoms with van der Waals surface area (Å²) in [5.41, 5.74) is 2.82. The number of rotatable bonds is 8. The van der Waals surface area contributed by atoms with Gasteiger partial charge in [0.25, 0.3) is 0 Å². The first-order valence-electron chi connectivity index (χ1n) is 8.93. The highest BCUT2D eigenvalue weighted by atomic mass is 16.2. The summed E-state index contributed by atoms with van der Waals surface area (Å²) in [6.07, 6.45) is -0.107. The third-order valence-electron chi connectivity index (χ3n) is 4.76. The van der Waals surface area contributed by atoms with E-state index in [2.05, 4.69) is 0 Å². The summed E-state index contributed by atoms with van der Waals surface area (Å²) in [4.78, 5) is 49.9. The first-order valence-corrected chi connectivity index (χ1v) is 8.93. The van der Waals surface area contributed by atoms with Gasteiger partial charge in [-0.15, -0.1) is 0 Å². The van der Waals surface area contributed by atoms with Gasteiger partial charge in [-0.2, -0.15) is 0 Å². The average Bonchev–Trinajstić information content (AvgIpc) is 2.62. The molecule has 27 heavy (non-hydrogen) atoms. The fraction of sp³-hybridized carbons (Fsp3) is 0.304. The number of carbonyl (C=O) groups is 4. The highest BCUT2D eigenvalue weighted by molar-refractivity contribution is 6.13. The number of carbonyl (C=O) groups excluding carboxylic acids is 4. The van der Waals surface area contributed by atoms with E-state index < -0.39 is 11.8 Å². The monoisotopic (exact) mass is 364 g/mol. The Morgan fingerprint density at radius 2 is 0.926 bits per heavy atom. The predicted octanol–water partition coefficient (Wildman–Crippen LogP) is 4.17. The SMILES string of the molecule is CC(=O)C(CC(C(C)=O)C(=O)c1ccc(C)cc1)C(=O)c1ccc(C)cc1. The van der Waals surface area contributed by atoms with Crippen molar-refractivity contribution >= 4 is 23.1 Å². The van der Waals surface area contributed by atoms with Gasteiger partial charge in [0.1, 0.15) is 11.6 Å². The molecule has 2 aromatic carbocycles. The fourth-order valence-electron chi connectivity index (χ4n) is 2.99. The van der Waals surface area contributed by atoms with Crippen molar-refractivity contribution in [3.8, 4) is 0 Å². The van der Waals surface area contributed by atoms with Gasteiger partial charge in [0.15, 0.2) is 11.6 Å². The summed E-state index contributed by atoms with van der Waals surface area (Å²) in [6.45, 7) is 6.46. The van der Waals surface area contributed by atoms with Crippen LogP contribution in [0.15, 0.2) is 48.5 Å². The molecule has 2 atom stereocenters. The molecule has 2 aromatic rings. The highest BCUT2D eigenvalue weighted by Crippen LogP contribution is 2.23. The molecular weight excluding hydrogens is 340 g/mol. The minimum absolute atomic E-state index is 0.107. The van der Waals surface area contributed by atoms with Crippen LogP contribution >= 0.6 is 0 Å². The van der Waals surface area contributed by atoms with Crippen molar-refractivity contribution in [1.29, 1.82) is 0 Å². The molecule has 0 aliphatic carbocycles. The minimum Gasteiger partial charge on any atom is -0.299 e. The zero-order valence-electron chi connectivity index (χ0n) is 16.1. The van der Waals surface area contributed by atoms with Crippen LogP contribution in [0.1, 0.15) is 52.1 Å². The van der Waals surface area contributed by atoms with Crippen LogP contribution in [0.25, 0.3) is 0 Å².